The van der Waals surface area contributed by atoms with Crippen LogP contribution in [0.5, 0.6) is 17.2 Å². The molecule has 6 rings (SSSR count). The topological polar surface area (TPSA) is 104 Å². The van der Waals surface area contributed by atoms with Gasteiger partial charge in [0.15, 0.2) is 11.5 Å². The van der Waals surface area contributed by atoms with E-state index >= 15 is 0 Å². The Morgan fingerprint density at radius 3 is 2.10 bits per heavy atom. The number of aliphatic hydroxyl groups is 1. The van der Waals surface area contributed by atoms with Gasteiger partial charge in [0, 0.05) is 19.3 Å². The van der Waals surface area contributed by atoms with Gasteiger partial charge in [-0.25, -0.2) is 18.1 Å². The summed E-state index contributed by atoms with van der Waals surface area (Å²) in [6.45, 7) is 0.374. The molecule has 4 aromatic rings. The summed E-state index contributed by atoms with van der Waals surface area (Å²) < 4.78 is 77.1. The highest BCUT2D eigenvalue weighted by molar-refractivity contribution is 7.89. The molecule has 0 amide bonds. The second kappa shape index (κ2) is 10.8. The van der Waals surface area contributed by atoms with Gasteiger partial charge in [-0.05, 0) is 60.7 Å². The van der Waals surface area contributed by atoms with Crippen molar-refractivity contribution in [3.63, 3.8) is 0 Å². The third-order valence-corrected chi connectivity index (χ3v) is 8.59. The van der Waals surface area contributed by atoms with E-state index in [2.05, 4.69) is 14.4 Å². The monoisotopic (exact) mass is 598 g/mol. The summed E-state index contributed by atoms with van der Waals surface area (Å²) >= 11 is 0. The molecule has 3 atom stereocenters. The van der Waals surface area contributed by atoms with Gasteiger partial charge in [0.05, 0.1) is 34.5 Å². The number of nitrogens with zero attached hydrogens (tertiary/aromatic N) is 3. The smallest absolute Gasteiger partial charge is 0.453 e. The number of pyridine rings is 1. The van der Waals surface area contributed by atoms with Gasteiger partial charge >= 0.3 is 6.36 Å². The predicted octanol–water partition coefficient (Wildman–Crippen LogP) is 4.82. The quantitative estimate of drug-likeness (QED) is 0.326. The molecule has 42 heavy (non-hydrogen) atoms. The van der Waals surface area contributed by atoms with Crippen molar-refractivity contribution in [2.24, 2.45) is 0 Å². The molecule has 1 aromatic heterocycles. The highest BCUT2D eigenvalue weighted by Gasteiger charge is 2.44. The molecule has 1 saturated heterocycles. The maximum Gasteiger partial charge on any atom is 0.573 e. The lowest BCUT2D eigenvalue weighted by Gasteiger charge is -2.48. The molecule has 0 bridgehead atoms. The first kappa shape index (κ1) is 27.8. The van der Waals surface area contributed by atoms with Crippen molar-refractivity contribution in [3.8, 4) is 17.2 Å². The van der Waals surface area contributed by atoms with Gasteiger partial charge in [0.1, 0.15) is 11.6 Å². The van der Waals surface area contributed by atoms with Gasteiger partial charge in [-0.2, -0.15) is 0 Å². The number of anilines is 3. The fourth-order valence-electron chi connectivity index (χ4n) is 5.27. The molecule has 13 heteroatoms. The normalized spacial score (nSPS) is 20.3. The minimum atomic E-state index is -4.91. The molecule has 0 unspecified atom stereocenters. The first-order valence-electron chi connectivity index (χ1n) is 13.0. The number of benzene rings is 3. The SMILES string of the molecule is O=S(=O)(N[C@@H]1CN(c2ccccn2)C[C@H](N2c3ccccc3Oc3ccccc32)[C@H]1O)c1ccc(OC(F)(F)F)cc1. The molecule has 3 aromatic carbocycles. The molecular formula is C29H25F3N4O5S. The number of rotatable bonds is 6. The molecule has 0 spiro atoms. The number of hydrogen-bond donors (Lipinski definition) is 2. The maximum absolute atomic E-state index is 13.4. The van der Waals surface area contributed by atoms with Crippen molar-refractivity contribution >= 4 is 27.2 Å². The summed E-state index contributed by atoms with van der Waals surface area (Å²) in [5.41, 5.74) is 1.40. The first-order valence-corrected chi connectivity index (χ1v) is 14.4. The van der Waals surface area contributed by atoms with E-state index in [4.69, 9.17) is 4.74 Å². The van der Waals surface area contributed by atoms with Gasteiger partial charge in [0.25, 0.3) is 0 Å². The van der Waals surface area contributed by atoms with E-state index in [1.807, 2.05) is 64.4 Å². The molecule has 0 radical (unpaired) electrons. The van der Waals surface area contributed by atoms with Gasteiger partial charge in [0.2, 0.25) is 10.0 Å². The van der Waals surface area contributed by atoms with E-state index in [9.17, 15) is 26.7 Å². The summed E-state index contributed by atoms with van der Waals surface area (Å²) in [4.78, 5) is 7.99. The lowest BCUT2D eigenvalue weighted by Crippen LogP contribution is -2.65. The van der Waals surface area contributed by atoms with Crippen LogP contribution in [0.4, 0.5) is 30.4 Å². The predicted molar refractivity (Wildman–Crippen MR) is 149 cm³/mol. The number of piperidine rings is 1. The van der Waals surface area contributed by atoms with Crippen LogP contribution in [-0.2, 0) is 10.0 Å². The Morgan fingerprint density at radius 1 is 0.881 bits per heavy atom. The molecule has 2 aliphatic rings. The van der Waals surface area contributed by atoms with Gasteiger partial charge in [-0.15, -0.1) is 13.2 Å². The highest BCUT2D eigenvalue weighted by atomic mass is 32.2. The number of para-hydroxylation sites is 4. The lowest BCUT2D eigenvalue weighted by atomic mass is 9.94. The molecule has 3 heterocycles. The van der Waals surface area contributed by atoms with Crippen molar-refractivity contribution in [1.82, 2.24) is 9.71 Å². The van der Waals surface area contributed by atoms with Crippen molar-refractivity contribution in [1.29, 1.82) is 0 Å². The van der Waals surface area contributed by atoms with Crippen LogP contribution >= 0.6 is 0 Å². The first-order chi connectivity index (χ1) is 20.1. The van der Waals surface area contributed by atoms with Crippen LogP contribution in [-0.4, -0.2) is 56.1 Å². The van der Waals surface area contributed by atoms with Crippen LogP contribution in [0.3, 0.4) is 0 Å². The van der Waals surface area contributed by atoms with Crippen LogP contribution in [0.2, 0.25) is 0 Å². The largest absolute Gasteiger partial charge is 0.573 e. The van der Waals surface area contributed by atoms with Gasteiger partial charge < -0.3 is 24.4 Å². The number of aliphatic hydroxyl groups excluding tert-OH is 1. The van der Waals surface area contributed by atoms with Crippen molar-refractivity contribution in [2.45, 2.75) is 29.4 Å². The second-order valence-corrected chi connectivity index (χ2v) is 11.5. The number of halogens is 3. The van der Waals surface area contributed by atoms with Gasteiger partial charge in [-0.3, -0.25) is 0 Å². The summed E-state index contributed by atoms with van der Waals surface area (Å²) in [6.07, 6.45) is -4.50. The van der Waals surface area contributed by atoms with E-state index in [-0.39, 0.29) is 11.4 Å². The van der Waals surface area contributed by atoms with Crippen molar-refractivity contribution in [2.75, 3.05) is 22.9 Å². The van der Waals surface area contributed by atoms with Crippen molar-refractivity contribution < 1.29 is 36.2 Å². The maximum atomic E-state index is 13.4. The van der Waals surface area contributed by atoms with Crippen LogP contribution in [0.1, 0.15) is 0 Å². The number of sulfonamides is 1. The zero-order valence-corrected chi connectivity index (χ0v) is 22.7. The average molecular weight is 599 g/mol. The Hall–Kier alpha value is -4.33. The number of hydrogen-bond acceptors (Lipinski definition) is 8. The minimum Gasteiger partial charge on any atom is -0.453 e. The fraction of sp³-hybridized carbons (Fsp3) is 0.207. The third kappa shape index (κ3) is 5.58. The van der Waals surface area contributed by atoms with Crippen LogP contribution in [0.25, 0.3) is 0 Å². The molecule has 2 N–H and O–H groups in total. The molecule has 9 nitrogen and oxygen atoms in total. The summed E-state index contributed by atoms with van der Waals surface area (Å²) in [5, 5.41) is 11.8. The van der Waals surface area contributed by atoms with E-state index in [1.165, 1.54) is 0 Å². The van der Waals surface area contributed by atoms with Crippen LogP contribution in [0.15, 0.2) is 102 Å². The standard InChI is InChI=1S/C29H25F3N4O5S/c30-29(31,32)41-19-12-14-20(15-13-19)42(38,39)34-21-17-35(27-11-5-6-16-33-27)18-24(28(21)37)36-22-7-1-3-9-25(22)40-26-10-4-2-8-23(26)36/h1-16,21,24,28,34,37H,17-18H2/t21-,24+,28+/m1/s1. The molecule has 2 aliphatic heterocycles. The number of fused-ring (bicyclic) bond motifs is 2. The molecular weight excluding hydrogens is 573 g/mol. The fourth-order valence-corrected chi connectivity index (χ4v) is 6.51. The number of ether oxygens (including phenoxy) is 2. The van der Waals surface area contributed by atoms with E-state index < -0.39 is 40.3 Å². The Kier molecular flexibility index (Phi) is 7.17. The summed E-state index contributed by atoms with van der Waals surface area (Å²) in [6, 6.07) is 22.3. The van der Waals surface area contributed by atoms with E-state index in [0.29, 0.717) is 35.2 Å². The van der Waals surface area contributed by atoms with Crippen molar-refractivity contribution in [3.05, 3.63) is 97.2 Å². The Morgan fingerprint density at radius 2 is 1.50 bits per heavy atom. The Bertz CT molecular complexity index is 1630. The van der Waals surface area contributed by atoms with Crippen LogP contribution < -0.4 is 24.0 Å². The molecule has 0 aliphatic carbocycles. The van der Waals surface area contributed by atoms with E-state index in [1.54, 1.807) is 18.3 Å². The molecule has 0 saturated carbocycles. The number of alkyl halides is 3. The average Bonchev–Trinajstić information content (AvgIpc) is 2.97. The minimum absolute atomic E-state index is 0.0802. The number of nitrogens with one attached hydrogen (secondary N) is 1. The lowest BCUT2D eigenvalue weighted by molar-refractivity contribution is -0.274. The molecule has 218 valence electrons. The summed E-state index contributed by atoms with van der Waals surface area (Å²) in [5.74, 6) is 1.19. The van der Waals surface area contributed by atoms with E-state index in [0.717, 1.165) is 24.3 Å². The molecule has 1 fully saturated rings. The third-order valence-electron chi connectivity index (χ3n) is 7.08. The summed E-state index contributed by atoms with van der Waals surface area (Å²) in [7, 11) is -4.27. The Balaban J connectivity index is 1.36. The second-order valence-electron chi connectivity index (χ2n) is 9.81. The van der Waals surface area contributed by atoms with Gasteiger partial charge in [-0.1, -0.05) is 30.3 Å². The Labute approximate surface area is 239 Å². The zero-order chi connectivity index (χ0) is 29.5. The zero-order valence-electron chi connectivity index (χ0n) is 21.8. The number of aromatic nitrogens is 1. The van der Waals surface area contributed by atoms with Crippen LogP contribution in [0, 0.1) is 0 Å². The highest BCUT2D eigenvalue weighted by Crippen LogP contribution is 2.48.